The maximum atomic E-state index is 12.9. The molecule has 0 aliphatic rings. The van der Waals surface area contributed by atoms with Gasteiger partial charge in [0.05, 0.1) is 12.6 Å². The number of carbonyl (C=O) groups excluding carboxylic acids is 1. The highest BCUT2D eigenvalue weighted by Crippen LogP contribution is 2.29. The number of rotatable bonds is 6. The second-order valence-corrected chi connectivity index (χ2v) is 6.88. The molecule has 1 heterocycles. The number of benzene rings is 3. The number of para-hydroxylation sites is 2. The van der Waals surface area contributed by atoms with Crippen LogP contribution in [0.15, 0.2) is 78.9 Å². The third-order valence-electron chi connectivity index (χ3n) is 5.05. The number of aromatic nitrogens is 2. The Balaban J connectivity index is 1.61. The first-order chi connectivity index (χ1) is 14.2. The van der Waals surface area contributed by atoms with Gasteiger partial charge in [0.25, 0.3) is 0 Å². The van der Waals surface area contributed by atoms with E-state index >= 15 is 0 Å². The summed E-state index contributed by atoms with van der Waals surface area (Å²) in [6, 6.07) is 25.3. The first-order valence-electron chi connectivity index (χ1n) is 9.61. The van der Waals surface area contributed by atoms with Gasteiger partial charge >= 0.3 is 0 Å². The van der Waals surface area contributed by atoms with Crippen molar-refractivity contribution in [1.29, 1.82) is 0 Å². The van der Waals surface area contributed by atoms with Crippen molar-refractivity contribution in [3.05, 3.63) is 84.4 Å². The average molecular weight is 385 g/mol. The van der Waals surface area contributed by atoms with Crippen molar-refractivity contribution in [2.24, 2.45) is 0 Å². The molecule has 0 aliphatic carbocycles. The predicted molar refractivity (Wildman–Crippen MR) is 115 cm³/mol. The lowest BCUT2D eigenvalue weighted by Crippen LogP contribution is -2.31. The molecular formula is C24H23N3O2. The molecule has 146 valence electrons. The van der Waals surface area contributed by atoms with Gasteiger partial charge in [0, 0.05) is 23.1 Å². The number of nitrogens with one attached hydrogen (secondary N) is 1. The number of carbonyl (C=O) groups is 1. The van der Waals surface area contributed by atoms with Gasteiger partial charge in [-0.15, -0.1) is 0 Å². The summed E-state index contributed by atoms with van der Waals surface area (Å²) in [5.41, 5.74) is 3.78. The maximum absolute atomic E-state index is 12.9. The number of ether oxygens (including phenoxy) is 1. The molecule has 0 saturated carbocycles. The average Bonchev–Trinajstić information content (AvgIpc) is 3.17. The molecule has 4 aromatic rings. The second-order valence-electron chi connectivity index (χ2n) is 6.88. The minimum Gasteiger partial charge on any atom is -0.496 e. The van der Waals surface area contributed by atoms with E-state index in [1.54, 1.807) is 11.8 Å². The molecule has 1 amide bonds. The summed E-state index contributed by atoms with van der Waals surface area (Å²) >= 11 is 0. The van der Waals surface area contributed by atoms with Gasteiger partial charge in [0.15, 0.2) is 0 Å². The molecule has 1 N–H and O–H groups in total. The summed E-state index contributed by atoms with van der Waals surface area (Å²) in [4.78, 5) is 12.9. The van der Waals surface area contributed by atoms with Gasteiger partial charge in [-0.05, 0) is 19.1 Å². The molecule has 0 saturated heterocycles. The third-order valence-corrected chi connectivity index (χ3v) is 5.05. The Bertz CT molecular complexity index is 1140. The molecule has 0 unspecified atom stereocenters. The number of fused-ring (bicyclic) bond motifs is 1. The number of nitrogens with zero attached hydrogens (tertiary/aromatic N) is 2. The lowest BCUT2D eigenvalue weighted by atomic mass is 10.1. The molecule has 1 atom stereocenters. The number of methoxy groups -OCH3 is 1. The molecular weight excluding hydrogens is 362 g/mol. The Hall–Kier alpha value is -3.60. The van der Waals surface area contributed by atoms with Crippen molar-refractivity contribution < 1.29 is 9.53 Å². The predicted octanol–water partition coefficient (Wildman–Crippen LogP) is 4.59. The van der Waals surface area contributed by atoms with E-state index in [0.717, 1.165) is 33.5 Å². The molecule has 0 bridgehead atoms. The van der Waals surface area contributed by atoms with E-state index in [1.165, 1.54) is 0 Å². The Labute approximate surface area is 169 Å². The van der Waals surface area contributed by atoms with Crippen LogP contribution in [0.1, 0.15) is 18.5 Å². The van der Waals surface area contributed by atoms with Crippen molar-refractivity contribution in [2.45, 2.75) is 19.5 Å². The van der Waals surface area contributed by atoms with Crippen LogP contribution < -0.4 is 10.1 Å². The highest BCUT2D eigenvalue weighted by molar-refractivity contribution is 5.94. The second kappa shape index (κ2) is 8.19. The van der Waals surface area contributed by atoms with Gasteiger partial charge in [0.1, 0.15) is 17.5 Å². The van der Waals surface area contributed by atoms with Crippen molar-refractivity contribution in [1.82, 2.24) is 15.1 Å². The molecule has 29 heavy (non-hydrogen) atoms. The van der Waals surface area contributed by atoms with Gasteiger partial charge in [-0.3, -0.25) is 9.48 Å². The first kappa shape index (κ1) is 18.7. The first-order valence-corrected chi connectivity index (χ1v) is 9.61. The SMILES string of the molecule is COc1ccccc1CNC(=O)[C@H](C)n1nc(-c2ccccc2)c2ccccc21. The Kier molecular flexibility index (Phi) is 5.29. The van der Waals surface area contributed by atoms with Crippen molar-refractivity contribution in [3.63, 3.8) is 0 Å². The summed E-state index contributed by atoms with van der Waals surface area (Å²) in [6.45, 7) is 2.27. The molecule has 5 nitrogen and oxygen atoms in total. The topological polar surface area (TPSA) is 56.1 Å². The minimum absolute atomic E-state index is 0.0937. The summed E-state index contributed by atoms with van der Waals surface area (Å²) < 4.78 is 7.16. The van der Waals surface area contributed by atoms with Gasteiger partial charge in [-0.1, -0.05) is 66.7 Å². The van der Waals surface area contributed by atoms with Crippen LogP contribution in [0, 0.1) is 0 Å². The van der Waals surface area contributed by atoms with Crippen molar-refractivity contribution in [2.75, 3.05) is 7.11 Å². The molecule has 3 aromatic carbocycles. The molecule has 0 aliphatic heterocycles. The fourth-order valence-corrected chi connectivity index (χ4v) is 3.48. The molecule has 1 aromatic heterocycles. The normalized spacial score (nSPS) is 11.9. The highest BCUT2D eigenvalue weighted by atomic mass is 16.5. The van der Waals surface area contributed by atoms with E-state index < -0.39 is 6.04 Å². The zero-order chi connectivity index (χ0) is 20.2. The zero-order valence-electron chi connectivity index (χ0n) is 16.5. The number of hydrogen-bond acceptors (Lipinski definition) is 3. The summed E-state index contributed by atoms with van der Waals surface area (Å²) in [5.74, 6) is 0.667. The lowest BCUT2D eigenvalue weighted by Gasteiger charge is -2.15. The quantitative estimate of drug-likeness (QED) is 0.528. The van der Waals surface area contributed by atoms with Crippen LogP contribution >= 0.6 is 0 Å². The van der Waals surface area contributed by atoms with Gasteiger partial charge in [0.2, 0.25) is 5.91 Å². The molecule has 0 fully saturated rings. The number of hydrogen-bond donors (Lipinski definition) is 1. The van der Waals surface area contributed by atoms with E-state index in [0.29, 0.717) is 6.54 Å². The summed E-state index contributed by atoms with van der Waals surface area (Å²) in [5, 5.41) is 8.84. The van der Waals surface area contributed by atoms with Crippen LogP contribution in [0.3, 0.4) is 0 Å². The van der Waals surface area contributed by atoms with E-state index in [1.807, 2.05) is 85.8 Å². The lowest BCUT2D eigenvalue weighted by molar-refractivity contribution is -0.124. The van der Waals surface area contributed by atoms with Crippen LogP contribution in [-0.4, -0.2) is 22.8 Å². The Morgan fingerprint density at radius 1 is 1.00 bits per heavy atom. The molecule has 0 spiro atoms. The molecule has 4 rings (SSSR count). The Morgan fingerprint density at radius 2 is 1.69 bits per heavy atom. The summed E-state index contributed by atoms with van der Waals surface area (Å²) in [6.07, 6.45) is 0. The van der Waals surface area contributed by atoms with Crippen LogP contribution in [0.25, 0.3) is 22.2 Å². The van der Waals surface area contributed by atoms with E-state index in [2.05, 4.69) is 5.32 Å². The van der Waals surface area contributed by atoms with E-state index in [4.69, 9.17) is 9.84 Å². The van der Waals surface area contributed by atoms with Gasteiger partial charge in [-0.25, -0.2) is 0 Å². The monoisotopic (exact) mass is 385 g/mol. The highest BCUT2D eigenvalue weighted by Gasteiger charge is 2.21. The summed E-state index contributed by atoms with van der Waals surface area (Å²) in [7, 11) is 1.63. The van der Waals surface area contributed by atoms with E-state index in [9.17, 15) is 4.79 Å². The van der Waals surface area contributed by atoms with Crippen LogP contribution in [0.4, 0.5) is 0 Å². The Morgan fingerprint density at radius 3 is 2.48 bits per heavy atom. The van der Waals surface area contributed by atoms with Crippen LogP contribution in [0.2, 0.25) is 0 Å². The van der Waals surface area contributed by atoms with E-state index in [-0.39, 0.29) is 5.91 Å². The molecule has 5 heteroatoms. The fraction of sp³-hybridized carbons (Fsp3) is 0.167. The van der Waals surface area contributed by atoms with Crippen molar-refractivity contribution in [3.8, 4) is 17.0 Å². The van der Waals surface area contributed by atoms with Gasteiger partial charge in [-0.2, -0.15) is 5.10 Å². The smallest absolute Gasteiger partial charge is 0.244 e. The van der Waals surface area contributed by atoms with Crippen LogP contribution in [0.5, 0.6) is 5.75 Å². The standard InChI is InChI=1S/C24H23N3O2/c1-17(24(28)25-16-19-12-6-9-15-22(19)29-2)27-21-14-8-7-13-20(21)23(26-27)18-10-4-3-5-11-18/h3-15,17H,16H2,1-2H3,(H,25,28)/t17-/m0/s1. The molecule has 0 radical (unpaired) electrons. The number of amides is 1. The maximum Gasteiger partial charge on any atom is 0.244 e. The minimum atomic E-state index is -0.452. The fourth-order valence-electron chi connectivity index (χ4n) is 3.48. The van der Waals surface area contributed by atoms with Crippen molar-refractivity contribution >= 4 is 16.8 Å². The largest absolute Gasteiger partial charge is 0.496 e. The third kappa shape index (κ3) is 3.72. The zero-order valence-corrected chi connectivity index (χ0v) is 16.5. The van der Waals surface area contributed by atoms with Gasteiger partial charge < -0.3 is 10.1 Å². The van der Waals surface area contributed by atoms with Crippen LogP contribution in [-0.2, 0) is 11.3 Å².